The lowest BCUT2D eigenvalue weighted by Crippen LogP contribution is -2.32. The van der Waals surface area contributed by atoms with Crippen LogP contribution in [-0.2, 0) is 14.3 Å². The van der Waals surface area contributed by atoms with Gasteiger partial charge in [0, 0.05) is 35.6 Å². The highest BCUT2D eigenvalue weighted by Gasteiger charge is 2.33. The summed E-state index contributed by atoms with van der Waals surface area (Å²) in [6.45, 7) is 8.51. The number of aliphatic hydroxyl groups excluding tert-OH is 1. The minimum Gasteiger partial charge on any atom is -0.507 e. The summed E-state index contributed by atoms with van der Waals surface area (Å²) in [5.74, 6) is -3.74. The molecule has 2 heterocycles. The van der Waals surface area contributed by atoms with Crippen molar-refractivity contribution in [3.05, 3.63) is 75.5 Å². The van der Waals surface area contributed by atoms with Gasteiger partial charge < -0.3 is 20.3 Å². The molecule has 3 atom stereocenters. The van der Waals surface area contributed by atoms with Crippen molar-refractivity contribution in [1.82, 2.24) is 5.32 Å². The zero-order valence-corrected chi connectivity index (χ0v) is 23.4. The molecule has 9 heteroatoms. The fourth-order valence-electron chi connectivity index (χ4n) is 4.56. The highest BCUT2D eigenvalue weighted by molar-refractivity contribution is 6.28. The average Bonchev–Trinajstić information content (AvgIpc) is 2.89. The van der Waals surface area contributed by atoms with E-state index in [1.807, 2.05) is 6.92 Å². The van der Waals surface area contributed by atoms with E-state index in [4.69, 9.17) is 4.74 Å². The molecule has 4 rings (SSSR count). The number of rotatable bonds is 2. The van der Waals surface area contributed by atoms with Crippen LogP contribution >= 0.6 is 0 Å². The van der Waals surface area contributed by atoms with Crippen LogP contribution in [0.2, 0.25) is 0 Å². The Morgan fingerprint density at radius 1 is 1.10 bits per heavy atom. The number of aromatic hydroxyl groups is 1. The van der Waals surface area contributed by atoms with Crippen LogP contribution in [0.1, 0.15) is 90.0 Å². The molecule has 212 valence electrons. The SMILES string of the molecule is CC[C@H]1/C=C/[C@H](O)[C@H](C=C(C)C)OC(=O)/C(C)=C/CC(=O)NC2=CC(=O)c3c(cc(C)c(O)c3C(=O)CC1)C2=O. The van der Waals surface area contributed by atoms with Crippen LogP contribution < -0.4 is 5.32 Å². The fraction of sp³-hybridized carbons (Fsp3) is 0.387. The second kappa shape index (κ2) is 12.8. The molecule has 9 nitrogen and oxygen atoms in total. The van der Waals surface area contributed by atoms with Gasteiger partial charge in [-0.15, -0.1) is 0 Å². The summed E-state index contributed by atoms with van der Waals surface area (Å²) in [5, 5.41) is 24.0. The van der Waals surface area contributed by atoms with Crippen molar-refractivity contribution in [3.8, 4) is 5.75 Å². The minimum absolute atomic E-state index is 0.0342. The number of ether oxygens (including phenoxy) is 1. The summed E-state index contributed by atoms with van der Waals surface area (Å²) in [7, 11) is 0. The molecule has 0 radical (unpaired) electrons. The Hall–Kier alpha value is -4.11. The molecule has 3 N–H and O–H groups in total. The summed E-state index contributed by atoms with van der Waals surface area (Å²) in [5.41, 5.74) is 0.447. The number of amides is 1. The van der Waals surface area contributed by atoms with Gasteiger partial charge in [-0.1, -0.05) is 30.7 Å². The number of ketones is 3. The van der Waals surface area contributed by atoms with Gasteiger partial charge >= 0.3 is 5.97 Å². The molecule has 0 spiro atoms. The number of Topliss-reactive ketones (excluding diaryl/α,β-unsaturated/α-hetero) is 2. The highest BCUT2D eigenvalue weighted by Crippen LogP contribution is 2.34. The molecule has 40 heavy (non-hydrogen) atoms. The van der Waals surface area contributed by atoms with Gasteiger partial charge in [-0.2, -0.15) is 0 Å². The van der Waals surface area contributed by atoms with Crippen LogP contribution in [-0.4, -0.2) is 51.6 Å². The summed E-state index contributed by atoms with van der Waals surface area (Å²) >= 11 is 0. The van der Waals surface area contributed by atoms with Gasteiger partial charge in [0.15, 0.2) is 11.6 Å². The third kappa shape index (κ3) is 6.90. The molecule has 0 saturated heterocycles. The van der Waals surface area contributed by atoms with Crippen molar-refractivity contribution >= 4 is 29.2 Å². The maximum atomic E-state index is 13.3. The number of aliphatic hydroxyl groups is 1. The number of carbonyl (C=O) groups excluding carboxylic acids is 5. The van der Waals surface area contributed by atoms with E-state index in [2.05, 4.69) is 5.32 Å². The van der Waals surface area contributed by atoms with Gasteiger partial charge in [0.25, 0.3) is 0 Å². The number of hydrogen-bond donors (Lipinski definition) is 3. The molecule has 1 aromatic rings. The summed E-state index contributed by atoms with van der Waals surface area (Å²) in [6.07, 6.45) is 5.66. The number of esters is 1. The molecule has 0 saturated carbocycles. The fourth-order valence-corrected chi connectivity index (χ4v) is 4.56. The number of carbonyl (C=O) groups is 5. The Labute approximate surface area is 233 Å². The molecular weight excluding hydrogens is 514 g/mol. The normalized spacial score (nSPS) is 24.9. The number of allylic oxidation sites excluding steroid dienone is 4. The van der Waals surface area contributed by atoms with Crippen LogP contribution in [0.3, 0.4) is 0 Å². The van der Waals surface area contributed by atoms with Gasteiger partial charge in [0.2, 0.25) is 11.7 Å². The van der Waals surface area contributed by atoms with Gasteiger partial charge in [0.1, 0.15) is 18.0 Å². The van der Waals surface area contributed by atoms with Crippen molar-refractivity contribution in [3.63, 3.8) is 0 Å². The standard InChI is InChI=1S/C31H35NO8/c1-6-19-8-10-22(33)25(13-16(2)3)40-31(39)17(4)7-12-26(36)32-21-15-24(35)27-20(30(21)38)14-18(5)29(37)28(27)23(34)11-9-19/h7-8,10,13-15,19,22,25,33,37H,6,9,11-12H2,1-5H3,(H,32,36)/b10-8+,17-7+/t19-,22-,25-/m0/s1. The van der Waals surface area contributed by atoms with Crippen LogP contribution in [0.15, 0.2) is 53.3 Å². The topological polar surface area (TPSA) is 147 Å². The predicted molar refractivity (Wildman–Crippen MR) is 148 cm³/mol. The van der Waals surface area contributed by atoms with Crippen molar-refractivity contribution in [2.75, 3.05) is 0 Å². The average molecular weight is 550 g/mol. The van der Waals surface area contributed by atoms with E-state index < -0.39 is 41.4 Å². The predicted octanol–water partition coefficient (Wildman–Crippen LogP) is 4.21. The van der Waals surface area contributed by atoms with Gasteiger partial charge in [-0.3, -0.25) is 19.2 Å². The molecule has 2 aliphatic heterocycles. The summed E-state index contributed by atoms with van der Waals surface area (Å²) in [6, 6.07) is 1.33. The van der Waals surface area contributed by atoms with E-state index in [1.165, 1.54) is 32.1 Å². The first-order valence-corrected chi connectivity index (χ1v) is 13.2. The number of phenolic OH excluding ortho intramolecular Hbond substituents is 1. The minimum atomic E-state index is -1.16. The van der Waals surface area contributed by atoms with Crippen molar-refractivity contribution in [1.29, 1.82) is 0 Å². The number of aryl methyl sites for hydroxylation is 1. The van der Waals surface area contributed by atoms with Crippen molar-refractivity contribution < 1.29 is 38.9 Å². The van der Waals surface area contributed by atoms with E-state index in [9.17, 15) is 34.2 Å². The van der Waals surface area contributed by atoms with Gasteiger partial charge in [-0.25, -0.2) is 4.79 Å². The van der Waals surface area contributed by atoms with Crippen LogP contribution in [0, 0.1) is 12.8 Å². The van der Waals surface area contributed by atoms with Crippen molar-refractivity contribution in [2.24, 2.45) is 5.92 Å². The molecule has 0 aromatic heterocycles. The van der Waals surface area contributed by atoms with E-state index in [1.54, 1.807) is 26.0 Å². The van der Waals surface area contributed by atoms with Crippen LogP contribution in [0.4, 0.5) is 0 Å². The van der Waals surface area contributed by atoms with E-state index in [0.29, 0.717) is 12.8 Å². The molecule has 0 unspecified atom stereocenters. The molecule has 0 fully saturated rings. The Morgan fingerprint density at radius 3 is 2.45 bits per heavy atom. The smallest absolute Gasteiger partial charge is 0.334 e. The van der Waals surface area contributed by atoms with E-state index in [-0.39, 0.29) is 58.0 Å². The number of benzene rings is 1. The number of fused-ring (bicyclic) bond motifs is 13. The second-order valence-corrected chi connectivity index (χ2v) is 10.4. The number of nitrogens with one attached hydrogen (secondary N) is 1. The Balaban J connectivity index is 2.08. The maximum Gasteiger partial charge on any atom is 0.334 e. The molecule has 1 amide bonds. The molecular formula is C31H35NO8. The second-order valence-electron chi connectivity index (χ2n) is 10.4. The highest BCUT2D eigenvalue weighted by atomic mass is 16.6. The molecule has 1 aromatic carbocycles. The summed E-state index contributed by atoms with van der Waals surface area (Å²) in [4.78, 5) is 65.0. The lowest BCUT2D eigenvalue weighted by Gasteiger charge is -2.21. The van der Waals surface area contributed by atoms with Crippen LogP contribution in [0.5, 0.6) is 5.75 Å². The van der Waals surface area contributed by atoms with E-state index >= 15 is 0 Å². The first-order chi connectivity index (χ1) is 18.8. The molecule has 3 aliphatic rings. The third-order valence-electron chi connectivity index (χ3n) is 6.89. The third-order valence-corrected chi connectivity index (χ3v) is 6.89. The van der Waals surface area contributed by atoms with Crippen molar-refractivity contribution in [2.45, 2.75) is 72.5 Å². The first kappa shape index (κ1) is 30.4. The zero-order chi connectivity index (χ0) is 29.7. The maximum absolute atomic E-state index is 13.3. The first-order valence-electron chi connectivity index (χ1n) is 13.2. The molecule has 4 bridgehead atoms. The lowest BCUT2D eigenvalue weighted by molar-refractivity contribution is -0.145. The Kier molecular flexibility index (Phi) is 9.76. The number of phenols is 1. The Bertz CT molecular complexity index is 1370. The Morgan fingerprint density at radius 2 is 1.80 bits per heavy atom. The van der Waals surface area contributed by atoms with Gasteiger partial charge in [-0.05, 0) is 64.2 Å². The van der Waals surface area contributed by atoms with Gasteiger partial charge in [0.05, 0.1) is 11.3 Å². The lowest BCUT2D eigenvalue weighted by atomic mass is 9.84. The number of hydrogen-bond acceptors (Lipinski definition) is 8. The quantitative estimate of drug-likeness (QED) is 0.367. The van der Waals surface area contributed by atoms with Crippen LogP contribution in [0.25, 0.3) is 0 Å². The summed E-state index contributed by atoms with van der Waals surface area (Å²) < 4.78 is 5.51. The zero-order valence-electron chi connectivity index (χ0n) is 23.4. The van der Waals surface area contributed by atoms with E-state index in [0.717, 1.165) is 11.6 Å². The monoisotopic (exact) mass is 549 g/mol. The largest absolute Gasteiger partial charge is 0.507 e. The molecule has 1 aliphatic carbocycles.